The molecule has 18 heavy (non-hydrogen) atoms. The van der Waals surface area contributed by atoms with Crippen LogP contribution in [0.2, 0.25) is 0 Å². The van der Waals surface area contributed by atoms with Gasteiger partial charge in [0, 0.05) is 12.1 Å². The molecule has 2 rings (SSSR count). The first kappa shape index (κ1) is 13.4. The van der Waals surface area contributed by atoms with Crippen LogP contribution in [-0.4, -0.2) is 24.2 Å². The molecular formula is C11H20N4O2S. The molecule has 1 saturated carbocycles. The van der Waals surface area contributed by atoms with Crippen molar-refractivity contribution in [1.82, 2.24) is 14.5 Å². The van der Waals surface area contributed by atoms with E-state index in [0.29, 0.717) is 0 Å². The van der Waals surface area contributed by atoms with Crippen molar-refractivity contribution in [3.8, 4) is 0 Å². The lowest BCUT2D eigenvalue weighted by Gasteiger charge is -2.12. The highest BCUT2D eigenvalue weighted by Crippen LogP contribution is 2.24. The van der Waals surface area contributed by atoms with Crippen LogP contribution in [0.4, 0.5) is 5.82 Å². The minimum Gasteiger partial charge on any atom is -0.383 e. The minimum absolute atomic E-state index is 0.0387. The van der Waals surface area contributed by atoms with E-state index >= 15 is 0 Å². The number of nitrogens with zero attached hydrogens (tertiary/aromatic N) is 2. The number of rotatable bonds is 4. The van der Waals surface area contributed by atoms with Gasteiger partial charge in [-0.05, 0) is 26.7 Å². The first-order chi connectivity index (χ1) is 8.42. The Labute approximate surface area is 108 Å². The molecule has 0 saturated heterocycles. The van der Waals surface area contributed by atoms with Gasteiger partial charge in [0.25, 0.3) is 0 Å². The zero-order chi connectivity index (χ0) is 13.3. The van der Waals surface area contributed by atoms with Crippen molar-refractivity contribution >= 4 is 15.8 Å². The highest BCUT2D eigenvalue weighted by Gasteiger charge is 2.27. The fourth-order valence-electron chi connectivity index (χ4n) is 2.30. The second-order valence-corrected chi connectivity index (χ2v) is 6.72. The van der Waals surface area contributed by atoms with E-state index in [1.807, 2.05) is 13.8 Å². The first-order valence-corrected chi connectivity index (χ1v) is 7.75. The molecule has 1 aliphatic carbocycles. The van der Waals surface area contributed by atoms with Crippen molar-refractivity contribution in [2.75, 3.05) is 5.73 Å². The minimum atomic E-state index is -3.55. The number of nitrogen functional groups attached to an aromatic ring is 1. The predicted molar refractivity (Wildman–Crippen MR) is 69.6 cm³/mol. The van der Waals surface area contributed by atoms with Gasteiger partial charge in [-0.2, -0.15) is 5.10 Å². The molecule has 0 bridgehead atoms. The van der Waals surface area contributed by atoms with Crippen molar-refractivity contribution in [2.45, 2.75) is 56.5 Å². The normalized spacial score (nSPS) is 17.7. The maximum atomic E-state index is 12.2. The maximum absolute atomic E-state index is 12.2. The summed E-state index contributed by atoms with van der Waals surface area (Å²) in [6.45, 7) is 3.81. The lowest BCUT2D eigenvalue weighted by Crippen LogP contribution is -2.33. The number of sulfonamides is 1. The number of anilines is 1. The van der Waals surface area contributed by atoms with Crippen LogP contribution in [0.1, 0.15) is 45.6 Å². The molecule has 0 atom stereocenters. The van der Waals surface area contributed by atoms with Crippen LogP contribution in [0.25, 0.3) is 0 Å². The topological polar surface area (TPSA) is 90.0 Å². The van der Waals surface area contributed by atoms with Gasteiger partial charge in [0.15, 0.2) is 0 Å². The Bertz CT molecular complexity index is 515. The number of nitrogens with two attached hydrogens (primary N) is 1. The van der Waals surface area contributed by atoms with E-state index in [9.17, 15) is 8.42 Å². The zero-order valence-corrected chi connectivity index (χ0v) is 11.6. The van der Waals surface area contributed by atoms with E-state index < -0.39 is 10.0 Å². The number of aromatic nitrogens is 2. The molecule has 1 aromatic heterocycles. The highest BCUT2D eigenvalue weighted by molar-refractivity contribution is 7.89. The number of hydrogen-bond donors (Lipinski definition) is 2. The van der Waals surface area contributed by atoms with Gasteiger partial charge >= 0.3 is 0 Å². The van der Waals surface area contributed by atoms with E-state index in [0.717, 1.165) is 25.7 Å². The average Bonchev–Trinajstić information content (AvgIpc) is 2.86. The Morgan fingerprint density at radius 2 is 2.06 bits per heavy atom. The molecule has 7 heteroatoms. The maximum Gasteiger partial charge on any atom is 0.246 e. The summed E-state index contributed by atoms with van der Waals surface area (Å²) in [6.07, 6.45) is 5.28. The van der Waals surface area contributed by atoms with E-state index in [-0.39, 0.29) is 22.8 Å². The van der Waals surface area contributed by atoms with Crippen molar-refractivity contribution in [2.24, 2.45) is 0 Å². The van der Waals surface area contributed by atoms with Gasteiger partial charge in [-0.3, -0.25) is 0 Å². The van der Waals surface area contributed by atoms with Gasteiger partial charge in [0.1, 0.15) is 10.7 Å². The van der Waals surface area contributed by atoms with Gasteiger partial charge in [0.2, 0.25) is 10.0 Å². The molecule has 0 aromatic carbocycles. The Balaban J connectivity index is 2.24. The van der Waals surface area contributed by atoms with Crippen molar-refractivity contribution in [3.05, 3.63) is 6.20 Å². The molecule has 1 aromatic rings. The quantitative estimate of drug-likeness (QED) is 0.863. The van der Waals surface area contributed by atoms with Gasteiger partial charge in [-0.25, -0.2) is 17.8 Å². The van der Waals surface area contributed by atoms with Crippen LogP contribution in [-0.2, 0) is 10.0 Å². The largest absolute Gasteiger partial charge is 0.383 e. The summed E-state index contributed by atoms with van der Waals surface area (Å²) in [4.78, 5) is 0.0862. The second-order valence-electron chi connectivity index (χ2n) is 5.04. The van der Waals surface area contributed by atoms with Gasteiger partial charge in [0.05, 0.1) is 6.20 Å². The Morgan fingerprint density at radius 1 is 1.44 bits per heavy atom. The Morgan fingerprint density at radius 3 is 2.56 bits per heavy atom. The fourth-order valence-corrected chi connectivity index (χ4v) is 3.66. The summed E-state index contributed by atoms with van der Waals surface area (Å²) in [7, 11) is -3.55. The molecule has 1 aliphatic rings. The zero-order valence-electron chi connectivity index (χ0n) is 10.8. The van der Waals surface area contributed by atoms with Crippen LogP contribution in [0.15, 0.2) is 11.1 Å². The SMILES string of the molecule is CC(C)n1ncc(S(=O)(=O)NC2CCCC2)c1N. The molecule has 0 aliphatic heterocycles. The monoisotopic (exact) mass is 272 g/mol. The standard InChI is InChI=1S/C11H20N4O2S/c1-8(2)15-11(12)10(7-13-15)18(16,17)14-9-5-3-4-6-9/h7-9,14H,3-6,12H2,1-2H3. The summed E-state index contributed by atoms with van der Waals surface area (Å²) in [6, 6.07) is 0.0808. The van der Waals surface area contributed by atoms with Crippen LogP contribution >= 0.6 is 0 Å². The summed E-state index contributed by atoms with van der Waals surface area (Å²) in [5, 5.41) is 4.03. The molecule has 0 radical (unpaired) electrons. The van der Waals surface area contributed by atoms with E-state index in [1.165, 1.54) is 10.9 Å². The summed E-state index contributed by atoms with van der Waals surface area (Å²) >= 11 is 0. The average molecular weight is 272 g/mol. The van der Waals surface area contributed by atoms with Gasteiger partial charge < -0.3 is 5.73 Å². The van der Waals surface area contributed by atoms with Crippen molar-refractivity contribution in [3.63, 3.8) is 0 Å². The van der Waals surface area contributed by atoms with Gasteiger partial charge in [-0.1, -0.05) is 12.8 Å². The third kappa shape index (κ3) is 2.51. The lowest BCUT2D eigenvalue weighted by molar-refractivity contribution is 0.538. The summed E-state index contributed by atoms with van der Waals surface area (Å²) in [5.41, 5.74) is 5.85. The lowest BCUT2D eigenvalue weighted by atomic mass is 10.3. The number of hydrogen-bond acceptors (Lipinski definition) is 4. The molecule has 0 amide bonds. The molecule has 3 N–H and O–H groups in total. The second kappa shape index (κ2) is 4.89. The molecule has 0 unspecified atom stereocenters. The van der Waals surface area contributed by atoms with Crippen molar-refractivity contribution in [1.29, 1.82) is 0 Å². The van der Waals surface area contributed by atoms with Crippen LogP contribution in [0, 0.1) is 0 Å². The van der Waals surface area contributed by atoms with Gasteiger partial charge in [-0.15, -0.1) is 0 Å². The van der Waals surface area contributed by atoms with Crippen LogP contribution < -0.4 is 10.5 Å². The van der Waals surface area contributed by atoms with E-state index in [2.05, 4.69) is 9.82 Å². The first-order valence-electron chi connectivity index (χ1n) is 6.27. The molecular weight excluding hydrogens is 252 g/mol. The predicted octanol–water partition coefficient (Wildman–Crippen LogP) is 1.27. The summed E-state index contributed by atoms with van der Waals surface area (Å²) < 4.78 is 28.6. The fraction of sp³-hybridized carbons (Fsp3) is 0.727. The van der Waals surface area contributed by atoms with Crippen LogP contribution in [0.5, 0.6) is 0 Å². The third-order valence-corrected chi connectivity index (χ3v) is 4.79. The molecule has 1 fully saturated rings. The third-order valence-electron chi connectivity index (χ3n) is 3.25. The molecule has 6 nitrogen and oxygen atoms in total. The van der Waals surface area contributed by atoms with Crippen LogP contribution in [0.3, 0.4) is 0 Å². The van der Waals surface area contributed by atoms with Crippen molar-refractivity contribution < 1.29 is 8.42 Å². The molecule has 1 heterocycles. The van der Waals surface area contributed by atoms with E-state index in [1.54, 1.807) is 0 Å². The van der Waals surface area contributed by atoms with E-state index in [4.69, 9.17) is 5.73 Å². The smallest absolute Gasteiger partial charge is 0.246 e. The Hall–Kier alpha value is -1.08. The highest BCUT2D eigenvalue weighted by atomic mass is 32.2. The molecule has 0 spiro atoms. The molecule has 102 valence electrons. The Kier molecular flexibility index (Phi) is 3.63. The number of nitrogens with one attached hydrogen (secondary N) is 1. The summed E-state index contributed by atoms with van der Waals surface area (Å²) in [5.74, 6) is 0.204.